The maximum Gasteiger partial charge on any atom is 0.109 e. The van der Waals surface area contributed by atoms with E-state index in [1.807, 2.05) is 6.92 Å². The van der Waals surface area contributed by atoms with Crippen LogP contribution in [0.4, 0.5) is 0 Å². The van der Waals surface area contributed by atoms with Gasteiger partial charge in [-0.2, -0.15) is 0 Å². The molecule has 1 aliphatic heterocycles. The third-order valence-electron chi connectivity index (χ3n) is 3.16. The Morgan fingerprint density at radius 1 is 1.67 bits per heavy atom. The summed E-state index contributed by atoms with van der Waals surface area (Å²) in [4.78, 5) is 4.50. The fourth-order valence-corrected chi connectivity index (χ4v) is 2.35. The highest BCUT2D eigenvalue weighted by atomic mass is 16.3. The predicted octanol–water partition coefficient (Wildman–Crippen LogP) is 0.766. The summed E-state index contributed by atoms with van der Waals surface area (Å²) in [6, 6.07) is 0. The second kappa shape index (κ2) is 3.94. The van der Waals surface area contributed by atoms with Crippen LogP contribution in [0.25, 0.3) is 0 Å². The first-order valence-electron chi connectivity index (χ1n) is 5.57. The van der Waals surface area contributed by atoms with Gasteiger partial charge in [0.05, 0.1) is 11.4 Å². The maximum absolute atomic E-state index is 9.86. The molecule has 0 bridgehead atoms. The third kappa shape index (κ3) is 1.79. The van der Waals surface area contributed by atoms with Crippen molar-refractivity contribution in [3.8, 4) is 0 Å². The van der Waals surface area contributed by atoms with Crippen molar-refractivity contribution >= 4 is 0 Å². The smallest absolute Gasteiger partial charge is 0.109 e. The first kappa shape index (κ1) is 10.6. The zero-order chi connectivity index (χ0) is 11.0. The Labute approximate surface area is 90.1 Å². The highest BCUT2D eigenvalue weighted by Crippen LogP contribution is 2.26. The van der Waals surface area contributed by atoms with Crippen LogP contribution in [0.2, 0.25) is 0 Å². The molecule has 0 amide bonds. The Morgan fingerprint density at radius 3 is 3.07 bits per heavy atom. The van der Waals surface area contributed by atoms with Crippen LogP contribution in [0.15, 0.2) is 0 Å². The molecule has 0 spiro atoms. The first-order valence-corrected chi connectivity index (χ1v) is 5.57. The molecule has 1 aromatic rings. The SMILES string of the molecule is Cc1nc2n(c1C(O)CN)CC(C)CC2. The summed E-state index contributed by atoms with van der Waals surface area (Å²) in [5.41, 5.74) is 7.35. The van der Waals surface area contributed by atoms with Gasteiger partial charge in [0, 0.05) is 19.5 Å². The zero-order valence-corrected chi connectivity index (χ0v) is 9.40. The Balaban J connectivity index is 2.41. The maximum atomic E-state index is 9.86. The molecule has 0 radical (unpaired) electrons. The summed E-state index contributed by atoms with van der Waals surface area (Å²) in [7, 11) is 0. The summed E-state index contributed by atoms with van der Waals surface area (Å²) >= 11 is 0. The number of nitrogens with two attached hydrogens (primary N) is 1. The molecule has 0 saturated heterocycles. The Kier molecular flexibility index (Phi) is 2.80. The lowest BCUT2D eigenvalue weighted by molar-refractivity contribution is 0.172. The molecular formula is C11H19N3O. The fourth-order valence-electron chi connectivity index (χ4n) is 2.35. The van der Waals surface area contributed by atoms with Gasteiger partial charge >= 0.3 is 0 Å². The molecule has 0 saturated carbocycles. The second-order valence-corrected chi connectivity index (χ2v) is 4.50. The van der Waals surface area contributed by atoms with Gasteiger partial charge in [0.1, 0.15) is 11.9 Å². The van der Waals surface area contributed by atoms with Gasteiger partial charge in [-0.1, -0.05) is 6.92 Å². The Bertz CT molecular complexity index is 359. The molecule has 0 fully saturated rings. The first-order chi connectivity index (χ1) is 7.13. The Hall–Kier alpha value is -0.870. The molecule has 15 heavy (non-hydrogen) atoms. The molecule has 84 valence electrons. The molecule has 4 nitrogen and oxygen atoms in total. The highest BCUT2D eigenvalue weighted by molar-refractivity contribution is 5.20. The molecule has 2 atom stereocenters. The number of nitrogens with zero attached hydrogens (tertiary/aromatic N) is 2. The van der Waals surface area contributed by atoms with Crippen LogP contribution in [0.1, 0.15) is 36.7 Å². The average Bonchev–Trinajstić information content (AvgIpc) is 2.52. The monoisotopic (exact) mass is 209 g/mol. The molecule has 3 N–H and O–H groups in total. The van der Waals surface area contributed by atoms with Gasteiger partial charge in [-0.25, -0.2) is 4.98 Å². The van der Waals surface area contributed by atoms with E-state index in [0.717, 1.165) is 30.2 Å². The minimum Gasteiger partial charge on any atom is -0.385 e. The molecule has 2 unspecified atom stereocenters. The lowest BCUT2D eigenvalue weighted by Crippen LogP contribution is -2.23. The van der Waals surface area contributed by atoms with E-state index in [-0.39, 0.29) is 6.54 Å². The summed E-state index contributed by atoms with van der Waals surface area (Å²) in [5, 5.41) is 9.86. The van der Waals surface area contributed by atoms with E-state index < -0.39 is 6.10 Å². The van der Waals surface area contributed by atoms with Crippen LogP contribution in [-0.4, -0.2) is 21.2 Å². The summed E-state index contributed by atoms with van der Waals surface area (Å²) in [6.45, 7) is 5.41. The van der Waals surface area contributed by atoms with Gasteiger partial charge in [-0.15, -0.1) is 0 Å². The van der Waals surface area contributed by atoms with Crippen molar-refractivity contribution in [2.24, 2.45) is 11.7 Å². The third-order valence-corrected chi connectivity index (χ3v) is 3.16. The molecule has 0 aliphatic carbocycles. The Morgan fingerprint density at radius 2 is 2.40 bits per heavy atom. The molecule has 4 heteroatoms. The van der Waals surface area contributed by atoms with Crippen molar-refractivity contribution in [1.82, 2.24) is 9.55 Å². The van der Waals surface area contributed by atoms with E-state index in [4.69, 9.17) is 5.73 Å². The fraction of sp³-hybridized carbons (Fsp3) is 0.727. The average molecular weight is 209 g/mol. The van der Waals surface area contributed by atoms with Gasteiger partial charge in [0.15, 0.2) is 0 Å². The zero-order valence-electron chi connectivity index (χ0n) is 9.40. The van der Waals surface area contributed by atoms with E-state index in [1.165, 1.54) is 6.42 Å². The molecule has 2 heterocycles. The van der Waals surface area contributed by atoms with Crippen LogP contribution in [0.3, 0.4) is 0 Å². The second-order valence-electron chi connectivity index (χ2n) is 4.50. The van der Waals surface area contributed by atoms with E-state index in [2.05, 4.69) is 16.5 Å². The molecular weight excluding hydrogens is 190 g/mol. The standard InChI is InChI=1S/C11H19N3O/c1-7-3-4-10-13-8(2)11(9(15)5-12)14(10)6-7/h7,9,15H,3-6,12H2,1-2H3. The molecule has 2 rings (SSSR count). The number of rotatable bonds is 2. The van der Waals surface area contributed by atoms with Crippen LogP contribution in [0.5, 0.6) is 0 Å². The number of fused-ring (bicyclic) bond motifs is 1. The normalized spacial score (nSPS) is 22.5. The lowest BCUT2D eigenvalue weighted by atomic mass is 10.0. The topological polar surface area (TPSA) is 64.1 Å². The van der Waals surface area contributed by atoms with Crippen molar-refractivity contribution in [2.45, 2.75) is 39.3 Å². The largest absolute Gasteiger partial charge is 0.385 e. The van der Waals surface area contributed by atoms with Gasteiger partial charge in [0.2, 0.25) is 0 Å². The number of imidazole rings is 1. The number of aromatic nitrogens is 2. The van der Waals surface area contributed by atoms with Crippen molar-refractivity contribution in [1.29, 1.82) is 0 Å². The van der Waals surface area contributed by atoms with Crippen LogP contribution >= 0.6 is 0 Å². The van der Waals surface area contributed by atoms with E-state index in [0.29, 0.717) is 5.92 Å². The summed E-state index contributed by atoms with van der Waals surface area (Å²) in [5.74, 6) is 1.77. The van der Waals surface area contributed by atoms with Gasteiger partial charge in [0.25, 0.3) is 0 Å². The van der Waals surface area contributed by atoms with Crippen molar-refractivity contribution in [3.05, 3.63) is 17.2 Å². The minimum absolute atomic E-state index is 0.264. The van der Waals surface area contributed by atoms with Crippen molar-refractivity contribution in [2.75, 3.05) is 6.54 Å². The summed E-state index contributed by atoms with van der Waals surface area (Å²) in [6.07, 6.45) is 1.63. The van der Waals surface area contributed by atoms with Crippen LogP contribution < -0.4 is 5.73 Å². The van der Waals surface area contributed by atoms with E-state index in [1.54, 1.807) is 0 Å². The number of hydrogen-bond acceptors (Lipinski definition) is 3. The molecule has 0 aromatic carbocycles. The quantitative estimate of drug-likeness (QED) is 0.756. The number of hydrogen-bond donors (Lipinski definition) is 2. The van der Waals surface area contributed by atoms with E-state index >= 15 is 0 Å². The molecule has 1 aromatic heterocycles. The number of aliphatic hydroxyl groups excluding tert-OH is 1. The highest BCUT2D eigenvalue weighted by Gasteiger charge is 2.24. The molecule has 1 aliphatic rings. The number of aliphatic hydroxyl groups is 1. The predicted molar refractivity (Wildman–Crippen MR) is 58.5 cm³/mol. The van der Waals surface area contributed by atoms with Crippen molar-refractivity contribution in [3.63, 3.8) is 0 Å². The van der Waals surface area contributed by atoms with E-state index in [9.17, 15) is 5.11 Å². The lowest BCUT2D eigenvalue weighted by Gasteiger charge is -2.23. The summed E-state index contributed by atoms with van der Waals surface area (Å²) < 4.78 is 2.15. The van der Waals surface area contributed by atoms with Gasteiger partial charge < -0.3 is 15.4 Å². The van der Waals surface area contributed by atoms with Crippen LogP contribution in [0, 0.1) is 12.8 Å². The van der Waals surface area contributed by atoms with Gasteiger partial charge in [-0.05, 0) is 19.3 Å². The number of aryl methyl sites for hydroxylation is 2. The van der Waals surface area contributed by atoms with Gasteiger partial charge in [-0.3, -0.25) is 0 Å². The minimum atomic E-state index is -0.573. The van der Waals surface area contributed by atoms with Crippen LogP contribution in [-0.2, 0) is 13.0 Å². The van der Waals surface area contributed by atoms with Crippen molar-refractivity contribution < 1.29 is 5.11 Å².